The lowest BCUT2D eigenvalue weighted by atomic mass is 9.80. The van der Waals surface area contributed by atoms with Gasteiger partial charge in [-0.2, -0.15) is 0 Å². The fourth-order valence-electron chi connectivity index (χ4n) is 9.35. The van der Waals surface area contributed by atoms with E-state index >= 15 is 0 Å². The van der Waals surface area contributed by atoms with Crippen LogP contribution in [0.15, 0.2) is 173 Å². The quantitative estimate of drug-likeness (QED) is 0.173. The number of fused-ring (bicyclic) bond motifs is 11. The minimum absolute atomic E-state index is 0.0376. The Morgan fingerprint density at radius 3 is 1.89 bits per heavy atom. The van der Waals surface area contributed by atoms with Gasteiger partial charge in [0.25, 0.3) is 0 Å². The van der Waals surface area contributed by atoms with E-state index in [-0.39, 0.29) is 12.0 Å². The summed E-state index contributed by atoms with van der Waals surface area (Å²) in [5, 5.41) is 9.21. The van der Waals surface area contributed by atoms with Gasteiger partial charge in [0.1, 0.15) is 34.2 Å². The predicted octanol–water partition coefficient (Wildman–Crippen LogP) is 14.0. The third-order valence-electron chi connectivity index (χ3n) is 11.7. The average molecular weight is 693 g/mol. The van der Waals surface area contributed by atoms with Crippen LogP contribution in [-0.4, -0.2) is 6.10 Å². The molecule has 1 aliphatic carbocycles. The van der Waals surface area contributed by atoms with Gasteiger partial charge in [0, 0.05) is 49.7 Å². The maximum absolute atomic E-state index is 6.75. The Hall–Kier alpha value is -6.84. The summed E-state index contributed by atoms with van der Waals surface area (Å²) in [5.74, 6) is 1.21. The van der Waals surface area contributed by atoms with E-state index in [2.05, 4.69) is 159 Å². The molecular formula is C51H32O3. The smallest absolute Gasteiger partial charge is 0.143 e. The minimum atomic E-state index is -0.0376. The van der Waals surface area contributed by atoms with Crippen LogP contribution in [-0.2, 0) is 0 Å². The number of para-hydroxylation sites is 4. The van der Waals surface area contributed by atoms with E-state index in [9.17, 15) is 0 Å². The van der Waals surface area contributed by atoms with E-state index in [0.29, 0.717) is 0 Å². The van der Waals surface area contributed by atoms with E-state index in [4.69, 9.17) is 13.6 Å². The molecule has 3 nitrogen and oxygen atoms in total. The number of ether oxygens (including phenoxy) is 1. The van der Waals surface area contributed by atoms with Gasteiger partial charge in [-0.05, 0) is 74.1 Å². The Morgan fingerprint density at radius 2 is 1.04 bits per heavy atom. The maximum atomic E-state index is 6.75. The first-order valence-electron chi connectivity index (χ1n) is 18.7. The molecule has 0 amide bonds. The summed E-state index contributed by atoms with van der Waals surface area (Å²) in [6, 6.07) is 54.1. The molecule has 0 bridgehead atoms. The molecule has 0 saturated carbocycles. The SMILES string of the molecule is C[C@H]1C=CC(c2cccc3c(-c4cccc5c4oc4ccccc45)c4cccc(-c5cccc6oc7ccccc7c56)c4cc23)=C2c3ccccc3OC21. The Balaban J connectivity index is 1.24. The van der Waals surface area contributed by atoms with Crippen LogP contribution in [0.4, 0.5) is 0 Å². The van der Waals surface area contributed by atoms with Crippen LogP contribution in [0, 0.1) is 5.92 Å². The summed E-state index contributed by atoms with van der Waals surface area (Å²) in [6.07, 6.45) is 4.59. The van der Waals surface area contributed by atoms with Crippen molar-refractivity contribution in [3.63, 3.8) is 0 Å². The monoisotopic (exact) mass is 692 g/mol. The molecule has 3 heterocycles. The topological polar surface area (TPSA) is 35.5 Å². The second-order valence-corrected chi connectivity index (χ2v) is 14.7. The number of allylic oxidation sites excluding steroid dienone is 2. The zero-order valence-corrected chi connectivity index (χ0v) is 29.5. The van der Waals surface area contributed by atoms with Gasteiger partial charge in [-0.1, -0.05) is 140 Å². The van der Waals surface area contributed by atoms with Gasteiger partial charge in [0.15, 0.2) is 0 Å². The standard InChI is InChI=1S/C51H32O3/c1-29-26-27-36(49-39-14-4-7-24-45(39)53-50(29)49)31-16-9-18-35-42(31)28-41-30(33-19-11-25-46-48(33)38-13-3-6-23-44(38)52-46)15-8-17-34(41)47(35)40-21-10-20-37-32-12-2-5-22-43(32)54-51(37)40/h2-29,50H,1H3/t29-,50?/m0/s1. The second kappa shape index (κ2) is 11.1. The molecule has 8 aromatic carbocycles. The molecule has 2 atom stereocenters. The van der Waals surface area contributed by atoms with Crippen molar-refractivity contribution in [2.75, 3.05) is 0 Å². The largest absolute Gasteiger partial charge is 0.484 e. The van der Waals surface area contributed by atoms with Gasteiger partial charge >= 0.3 is 0 Å². The van der Waals surface area contributed by atoms with E-state index < -0.39 is 0 Å². The zero-order chi connectivity index (χ0) is 35.5. The summed E-state index contributed by atoms with van der Waals surface area (Å²) in [4.78, 5) is 0. The van der Waals surface area contributed by atoms with Crippen LogP contribution in [0.25, 0.3) is 98.8 Å². The first-order valence-corrected chi connectivity index (χ1v) is 18.7. The van der Waals surface area contributed by atoms with Gasteiger partial charge in [-0.25, -0.2) is 0 Å². The molecule has 12 rings (SSSR count). The number of benzene rings is 8. The lowest BCUT2D eigenvalue weighted by Crippen LogP contribution is -2.23. The molecule has 2 aliphatic rings. The summed E-state index contributed by atoms with van der Waals surface area (Å²) in [6.45, 7) is 2.25. The highest BCUT2D eigenvalue weighted by atomic mass is 16.5. The fourth-order valence-corrected chi connectivity index (χ4v) is 9.35. The van der Waals surface area contributed by atoms with E-state index in [1.807, 2.05) is 12.1 Å². The molecule has 0 N–H and O–H groups in total. The third kappa shape index (κ3) is 4.07. The average Bonchev–Trinajstić information content (AvgIpc) is 3.92. The van der Waals surface area contributed by atoms with Gasteiger partial charge in [0.2, 0.25) is 0 Å². The molecule has 0 fully saturated rings. The van der Waals surface area contributed by atoms with Gasteiger partial charge in [-0.3, -0.25) is 0 Å². The Bertz CT molecular complexity index is 3280. The molecule has 1 unspecified atom stereocenters. The van der Waals surface area contributed by atoms with Crippen molar-refractivity contribution < 1.29 is 13.6 Å². The van der Waals surface area contributed by atoms with Gasteiger partial charge in [0.05, 0.1) is 0 Å². The molecule has 3 heteroatoms. The highest BCUT2D eigenvalue weighted by Crippen LogP contribution is 2.51. The third-order valence-corrected chi connectivity index (χ3v) is 11.7. The lowest BCUT2D eigenvalue weighted by Gasteiger charge is -2.25. The fraction of sp³-hybridized carbons (Fsp3) is 0.0588. The van der Waals surface area contributed by atoms with Gasteiger partial charge in [-0.15, -0.1) is 0 Å². The van der Waals surface area contributed by atoms with E-state index in [0.717, 1.165) is 66.3 Å². The minimum Gasteiger partial charge on any atom is -0.484 e. The van der Waals surface area contributed by atoms with Crippen molar-refractivity contribution in [3.05, 3.63) is 175 Å². The van der Waals surface area contributed by atoms with Crippen LogP contribution in [0.5, 0.6) is 5.75 Å². The summed E-state index contributed by atoms with van der Waals surface area (Å²) >= 11 is 0. The van der Waals surface area contributed by atoms with Crippen LogP contribution in [0.1, 0.15) is 18.1 Å². The summed E-state index contributed by atoms with van der Waals surface area (Å²) < 4.78 is 19.8. The molecule has 0 saturated heterocycles. The molecule has 2 aromatic heterocycles. The van der Waals surface area contributed by atoms with Gasteiger partial charge < -0.3 is 13.6 Å². The molecule has 0 spiro atoms. The van der Waals surface area contributed by atoms with E-state index in [1.54, 1.807) is 0 Å². The van der Waals surface area contributed by atoms with Crippen molar-refractivity contribution in [1.82, 2.24) is 0 Å². The molecule has 254 valence electrons. The van der Waals surface area contributed by atoms with Crippen molar-refractivity contribution in [1.29, 1.82) is 0 Å². The van der Waals surface area contributed by atoms with Crippen LogP contribution in [0.2, 0.25) is 0 Å². The van der Waals surface area contributed by atoms with E-state index in [1.165, 1.54) is 49.4 Å². The van der Waals surface area contributed by atoms with Crippen LogP contribution >= 0.6 is 0 Å². The van der Waals surface area contributed by atoms with Crippen molar-refractivity contribution in [3.8, 4) is 28.0 Å². The summed E-state index contributed by atoms with van der Waals surface area (Å²) in [7, 11) is 0. The lowest BCUT2D eigenvalue weighted by molar-refractivity contribution is 0.236. The summed E-state index contributed by atoms with van der Waals surface area (Å²) in [5.41, 5.74) is 13.0. The Labute approximate surface area is 311 Å². The second-order valence-electron chi connectivity index (χ2n) is 14.7. The molecule has 54 heavy (non-hydrogen) atoms. The Morgan fingerprint density at radius 1 is 0.444 bits per heavy atom. The first kappa shape index (κ1) is 29.7. The van der Waals surface area contributed by atoms with Crippen molar-refractivity contribution >= 4 is 76.6 Å². The first-order chi connectivity index (χ1) is 26.7. The number of hydrogen-bond donors (Lipinski definition) is 0. The predicted molar refractivity (Wildman–Crippen MR) is 223 cm³/mol. The Kier molecular flexibility index (Phi) is 6.10. The molecule has 1 aliphatic heterocycles. The van der Waals surface area contributed by atoms with Crippen LogP contribution in [0.3, 0.4) is 0 Å². The van der Waals surface area contributed by atoms with Crippen molar-refractivity contribution in [2.24, 2.45) is 5.92 Å². The number of hydrogen-bond acceptors (Lipinski definition) is 3. The molecular weight excluding hydrogens is 661 g/mol. The maximum Gasteiger partial charge on any atom is 0.143 e. The highest BCUT2D eigenvalue weighted by molar-refractivity contribution is 6.24. The van der Waals surface area contributed by atoms with Crippen molar-refractivity contribution in [2.45, 2.75) is 13.0 Å². The number of furan rings is 2. The molecule has 0 radical (unpaired) electrons. The zero-order valence-electron chi connectivity index (χ0n) is 29.5. The highest BCUT2D eigenvalue weighted by Gasteiger charge is 2.36. The number of rotatable bonds is 3. The molecule has 10 aromatic rings. The normalized spacial score (nSPS) is 16.6. The van der Waals surface area contributed by atoms with Crippen LogP contribution < -0.4 is 4.74 Å².